The van der Waals surface area contributed by atoms with Gasteiger partial charge in [0.2, 0.25) is 11.7 Å². The van der Waals surface area contributed by atoms with Gasteiger partial charge < -0.3 is 28.7 Å². The molecule has 0 spiro atoms. The number of nitrogens with one attached hydrogen (secondary N) is 1. The molecule has 0 unspecified atom stereocenters. The van der Waals surface area contributed by atoms with E-state index in [0.717, 1.165) is 25.7 Å². The van der Waals surface area contributed by atoms with Crippen molar-refractivity contribution in [1.82, 2.24) is 5.32 Å². The van der Waals surface area contributed by atoms with Gasteiger partial charge in [0.1, 0.15) is 11.8 Å². The summed E-state index contributed by atoms with van der Waals surface area (Å²) in [5, 5.41) is 3.16. The molecule has 0 bridgehead atoms. The standard InChI is InChI=1S/C29H34N2O7/c1-5-37-22-14-12-21(13-15-22)31(29(33)23-11-8-16-38-23)26(28(32)30-20-9-6-7-10-20)19-17-24(34-2)27(36-4)25(18-19)35-3/h8,11-18,20,26H,5-7,9-10H2,1-4H3,(H,30,32)/t26-/m0/s1. The van der Waals surface area contributed by atoms with Crippen LogP contribution in [0.25, 0.3) is 0 Å². The van der Waals surface area contributed by atoms with Gasteiger partial charge in [0.15, 0.2) is 17.3 Å². The van der Waals surface area contributed by atoms with Gasteiger partial charge in [-0.3, -0.25) is 14.5 Å². The molecule has 1 aliphatic rings. The van der Waals surface area contributed by atoms with E-state index in [1.165, 1.54) is 32.5 Å². The average Bonchev–Trinajstić information content (AvgIpc) is 3.66. The van der Waals surface area contributed by atoms with Crippen molar-refractivity contribution in [2.24, 2.45) is 0 Å². The summed E-state index contributed by atoms with van der Waals surface area (Å²) in [4.78, 5) is 29.4. The van der Waals surface area contributed by atoms with Crippen molar-refractivity contribution in [1.29, 1.82) is 0 Å². The van der Waals surface area contributed by atoms with Crippen LogP contribution in [0, 0.1) is 0 Å². The minimum absolute atomic E-state index is 0.0351. The van der Waals surface area contributed by atoms with Crippen LogP contribution in [0.2, 0.25) is 0 Å². The first kappa shape index (κ1) is 26.9. The maximum atomic E-state index is 14.0. The molecule has 1 aliphatic carbocycles. The fourth-order valence-corrected chi connectivity index (χ4v) is 4.80. The summed E-state index contributed by atoms with van der Waals surface area (Å²) >= 11 is 0. The van der Waals surface area contributed by atoms with Crippen LogP contribution in [0.5, 0.6) is 23.0 Å². The number of amides is 2. The summed E-state index contributed by atoms with van der Waals surface area (Å²) in [5.74, 6) is 1.10. The fourth-order valence-electron chi connectivity index (χ4n) is 4.80. The number of nitrogens with zero attached hydrogens (tertiary/aromatic N) is 1. The molecule has 2 amide bonds. The monoisotopic (exact) mass is 522 g/mol. The van der Waals surface area contributed by atoms with E-state index in [9.17, 15) is 9.59 Å². The lowest BCUT2D eigenvalue weighted by molar-refractivity contribution is -0.123. The SMILES string of the molecule is CCOc1ccc(N(C(=O)c2ccco2)[C@H](C(=O)NC2CCCC2)c2cc(OC)c(OC)c(OC)c2)cc1. The molecule has 1 N–H and O–H groups in total. The van der Waals surface area contributed by atoms with Crippen LogP contribution >= 0.6 is 0 Å². The van der Waals surface area contributed by atoms with Crippen LogP contribution in [0.1, 0.15) is 54.8 Å². The van der Waals surface area contributed by atoms with Crippen LogP contribution in [-0.4, -0.2) is 45.8 Å². The van der Waals surface area contributed by atoms with E-state index >= 15 is 0 Å². The number of hydrogen-bond acceptors (Lipinski definition) is 7. The summed E-state index contributed by atoms with van der Waals surface area (Å²) in [6.07, 6.45) is 5.31. The largest absolute Gasteiger partial charge is 0.494 e. The molecule has 38 heavy (non-hydrogen) atoms. The number of anilines is 1. The Morgan fingerprint density at radius 3 is 2.18 bits per heavy atom. The molecule has 4 rings (SSSR count). The zero-order valence-electron chi connectivity index (χ0n) is 22.2. The molecule has 1 aromatic heterocycles. The normalized spacial score (nSPS) is 14.0. The second-order valence-electron chi connectivity index (χ2n) is 8.93. The molecular formula is C29H34N2O7. The number of hydrogen-bond donors (Lipinski definition) is 1. The van der Waals surface area contributed by atoms with Gasteiger partial charge in [0, 0.05) is 11.7 Å². The Bertz CT molecular complexity index is 1190. The number of carbonyl (C=O) groups is 2. The third-order valence-electron chi connectivity index (χ3n) is 6.59. The second kappa shape index (κ2) is 12.4. The Hall–Kier alpha value is -4.14. The van der Waals surface area contributed by atoms with E-state index in [0.29, 0.717) is 40.9 Å². The van der Waals surface area contributed by atoms with Crippen LogP contribution < -0.4 is 29.2 Å². The highest BCUT2D eigenvalue weighted by atomic mass is 16.5. The Balaban J connectivity index is 1.88. The lowest BCUT2D eigenvalue weighted by Gasteiger charge is -2.32. The Labute approximate surface area is 222 Å². The zero-order chi connectivity index (χ0) is 27.1. The summed E-state index contributed by atoms with van der Waals surface area (Å²) in [6, 6.07) is 12.6. The molecule has 202 valence electrons. The van der Waals surface area contributed by atoms with Crippen LogP contribution in [-0.2, 0) is 4.79 Å². The molecule has 1 saturated carbocycles. The lowest BCUT2D eigenvalue weighted by atomic mass is 10.0. The second-order valence-corrected chi connectivity index (χ2v) is 8.93. The first-order chi connectivity index (χ1) is 18.5. The third-order valence-corrected chi connectivity index (χ3v) is 6.59. The predicted molar refractivity (Wildman–Crippen MR) is 142 cm³/mol. The third kappa shape index (κ3) is 5.72. The van der Waals surface area contributed by atoms with Crippen molar-refractivity contribution in [2.45, 2.75) is 44.7 Å². The van der Waals surface area contributed by atoms with Crippen molar-refractivity contribution in [3.8, 4) is 23.0 Å². The summed E-state index contributed by atoms with van der Waals surface area (Å²) in [7, 11) is 4.52. The lowest BCUT2D eigenvalue weighted by Crippen LogP contribution is -2.46. The Morgan fingerprint density at radius 1 is 1.00 bits per heavy atom. The van der Waals surface area contributed by atoms with Crippen molar-refractivity contribution < 1.29 is 33.0 Å². The predicted octanol–water partition coefficient (Wildman–Crippen LogP) is 5.15. The van der Waals surface area contributed by atoms with Gasteiger partial charge in [-0.25, -0.2) is 0 Å². The highest BCUT2D eigenvalue weighted by molar-refractivity contribution is 6.08. The van der Waals surface area contributed by atoms with Crippen LogP contribution in [0.4, 0.5) is 5.69 Å². The van der Waals surface area contributed by atoms with Gasteiger partial charge in [-0.1, -0.05) is 12.8 Å². The number of rotatable bonds is 11. The highest BCUT2D eigenvalue weighted by Gasteiger charge is 2.37. The van der Waals surface area contributed by atoms with Gasteiger partial charge in [-0.2, -0.15) is 0 Å². The quantitative estimate of drug-likeness (QED) is 0.372. The van der Waals surface area contributed by atoms with E-state index in [-0.39, 0.29) is 17.7 Å². The molecule has 0 radical (unpaired) electrons. The number of carbonyl (C=O) groups excluding carboxylic acids is 2. The minimum Gasteiger partial charge on any atom is -0.494 e. The van der Waals surface area contributed by atoms with Gasteiger partial charge in [-0.05, 0) is 73.9 Å². The minimum atomic E-state index is -1.07. The average molecular weight is 523 g/mol. The van der Waals surface area contributed by atoms with E-state index in [1.54, 1.807) is 48.5 Å². The summed E-state index contributed by atoms with van der Waals surface area (Å²) in [6.45, 7) is 2.40. The molecule has 2 aromatic carbocycles. The van der Waals surface area contributed by atoms with Crippen molar-refractivity contribution in [3.05, 3.63) is 66.1 Å². The molecule has 9 heteroatoms. The summed E-state index contributed by atoms with van der Waals surface area (Å²) < 4.78 is 27.7. The molecule has 1 heterocycles. The van der Waals surface area contributed by atoms with E-state index in [1.807, 2.05) is 6.92 Å². The number of furan rings is 1. The van der Waals surface area contributed by atoms with Gasteiger partial charge in [-0.15, -0.1) is 0 Å². The fraction of sp³-hybridized carbons (Fsp3) is 0.379. The molecule has 1 fully saturated rings. The van der Waals surface area contributed by atoms with Gasteiger partial charge in [0.25, 0.3) is 5.91 Å². The Kier molecular flexibility index (Phi) is 8.78. The molecule has 3 aromatic rings. The smallest absolute Gasteiger partial charge is 0.294 e. The Morgan fingerprint density at radius 2 is 1.66 bits per heavy atom. The van der Waals surface area contributed by atoms with Gasteiger partial charge in [0.05, 0.1) is 34.2 Å². The topological polar surface area (TPSA) is 99.5 Å². The first-order valence-corrected chi connectivity index (χ1v) is 12.7. The maximum Gasteiger partial charge on any atom is 0.294 e. The molecule has 0 saturated heterocycles. The molecule has 9 nitrogen and oxygen atoms in total. The van der Waals surface area contributed by atoms with Crippen molar-refractivity contribution >= 4 is 17.5 Å². The van der Waals surface area contributed by atoms with Crippen molar-refractivity contribution in [2.75, 3.05) is 32.8 Å². The van der Waals surface area contributed by atoms with E-state index in [4.69, 9.17) is 23.4 Å². The molecule has 1 atom stereocenters. The zero-order valence-corrected chi connectivity index (χ0v) is 22.2. The maximum absolute atomic E-state index is 14.0. The van der Waals surface area contributed by atoms with E-state index < -0.39 is 11.9 Å². The van der Waals surface area contributed by atoms with E-state index in [2.05, 4.69) is 5.32 Å². The molecular weight excluding hydrogens is 488 g/mol. The van der Waals surface area contributed by atoms with Crippen LogP contribution in [0.15, 0.2) is 59.2 Å². The number of ether oxygens (including phenoxy) is 4. The van der Waals surface area contributed by atoms with Gasteiger partial charge >= 0.3 is 0 Å². The van der Waals surface area contributed by atoms with Crippen molar-refractivity contribution in [3.63, 3.8) is 0 Å². The van der Waals surface area contributed by atoms with Crippen LogP contribution in [0.3, 0.4) is 0 Å². The molecule has 0 aliphatic heterocycles. The number of methoxy groups -OCH3 is 3. The summed E-state index contributed by atoms with van der Waals surface area (Å²) in [5.41, 5.74) is 0.985. The number of benzene rings is 2. The highest BCUT2D eigenvalue weighted by Crippen LogP contribution is 2.42. The first-order valence-electron chi connectivity index (χ1n) is 12.7.